The minimum absolute atomic E-state index is 0.0258. The minimum Gasteiger partial charge on any atom is -0.497 e. The van der Waals surface area contributed by atoms with Gasteiger partial charge in [-0.25, -0.2) is 0 Å². The van der Waals surface area contributed by atoms with Crippen LogP contribution in [0.1, 0.15) is 51.2 Å². The number of halogens is 1. The van der Waals surface area contributed by atoms with Gasteiger partial charge in [-0.2, -0.15) is 0 Å². The van der Waals surface area contributed by atoms with E-state index in [1.165, 1.54) is 4.90 Å². The van der Waals surface area contributed by atoms with Crippen LogP contribution in [0.25, 0.3) is 0 Å². The minimum atomic E-state index is -1.38. The van der Waals surface area contributed by atoms with E-state index in [1.807, 2.05) is 44.2 Å². The van der Waals surface area contributed by atoms with Gasteiger partial charge in [0.25, 0.3) is 5.91 Å². The number of hydrogen-bond donors (Lipinski definition) is 2. The second kappa shape index (κ2) is 16.6. The van der Waals surface area contributed by atoms with Crippen molar-refractivity contribution in [1.29, 1.82) is 0 Å². The van der Waals surface area contributed by atoms with Gasteiger partial charge in [0.2, 0.25) is 11.8 Å². The quantitative estimate of drug-likeness (QED) is 0.134. The second-order valence-electron chi connectivity index (χ2n) is 13.8. The summed E-state index contributed by atoms with van der Waals surface area (Å²) in [6, 6.07) is 14.2. The summed E-state index contributed by atoms with van der Waals surface area (Å²) in [6.45, 7) is 11.3. The van der Waals surface area contributed by atoms with E-state index in [2.05, 4.69) is 34.4 Å². The second-order valence-corrected chi connectivity index (χ2v) is 15.0. The lowest BCUT2D eigenvalue weighted by Crippen LogP contribution is -2.59. The number of carbonyl (C=O) groups excluding carboxylic acids is 4. The smallest absolute Gasteiger partial charge is 0.313 e. The number of methoxy groups -OCH3 is 1. The maximum atomic E-state index is 15.0. The number of esters is 1. The Kier molecular flexibility index (Phi) is 12.4. The van der Waals surface area contributed by atoms with E-state index in [4.69, 9.17) is 14.2 Å². The third-order valence-corrected chi connectivity index (χ3v) is 10.9. The van der Waals surface area contributed by atoms with Crippen molar-refractivity contribution in [2.75, 3.05) is 31.7 Å². The summed E-state index contributed by atoms with van der Waals surface area (Å²) in [5.74, 6) is -3.09. The van der Waals surface area contributed by atoms with E-state index in [1.54, 1.807) is 48.4 Å². The molecule has 1 spiro atoms. The number of ether oxygens (including phenoxy) is 3. The predicted octanol–water partition coefficient (Wildman–Crippen LogP) is 4.74. The number of allylic oxidation sites excluding steroid dienone is 1. The number of aliphatic hydroxyl groups is 1. The Balaban J connectivity index is 1.53. The van der Waals surface area contributed by atoms with Crippen molar-refractivity contribution in [2.45, 2.75) is 74.3 Å². The van der Waals surface area contributed by atoms with Gasteiger partial charge in [0, 0.05) is 23.5 Å². The summed E-state index contributed by atoms with van der Waals surface area (Å²) in [5.41, 5.74) is -0.140. The van der Waals surface area contributed by atoms with Crippen LogP contribution in [-0.4, -0.2) is 89.1 Å². The molecule has 0 aliphatic carbocycles. The van der Waals surface area contributed by atoms with E-state index in [9.17, 15) is 24.3 Å². The van der Waals surface area contributed by atoms with Gasteiger partial charge in [0.15, 0.2) is 0 Å². The topological polar surface area (TPSA) is 135 Å². The third-order valence-electron chi connectivity index (χ3n) is 10.0. The Morgan fingerprint density at radius 2 is 1.84 bits per heavy atom. The molecule has 0 aromatic heterocycles. The lowest BCUT2D eigenvalue weighted by atomic mass is 9.70. The maximum absolute atomic E-state index is 15.0. The van der Waals surface area contributed by atoms with Crippen LogP contribution in [0.4, 0.5) is 5.69 Å². The molecule has 2 aromatic rings. The standard InChI is InChI=1S/C39H48BrN3O8/c1-6-8-14-31(45)41-22-30(25-12-10-9-11-13-25)50-38(48)32-33-36(46)43(27(23-44)20-24(3)4)35(39(33)21-29(40)34(32)51-39)37(47)42(19-7-2)26-15-17-28(49-5)18-16-26/h6-7,9-13,15-18,24,27,29-30,32-35,44H,1-2,8,14,19-23H2,3-5H3,(H,41,45)/t27-,29?,30+,32+,33-,34+,35+,39-/m1/s1. The van der Waals surface area contributed by atoms with Gasteiger partial charge < -0.3 is 34.4 Å². The van der Waals surface area contributed by atoms with Crippen molar-refractivity contribution in [3.05, 3.63) is 85.5 Å². The highest BCUT2D eigenvalue weighted by Crippen LogP contribution is 2.61. The van der Waals surface area contributed by atoms with E-state index in [-0.39, 0.29) is 49.2 Å². The van der Waals surface area contributed by atoms with Crippen molar-refractivity contribution in [3.8, 4) is 5.75 Å². The van der Waals surface area contributed by atoms with Crippen LogP contribution >= 0.6 is 15.9 Å². The molecule has 3 aliphatic rings. The molecule has 2 aromatic carbocycles. The number of rotatable bonds is 17. The van der Waals surface area contributed by atoms with Gasteiger partial charge in [0.05, 0.1) is 44.2 Å². The molecule has 0 radical (unpaired) electrons. The average Bonchev–Trinajstić information content (AvgIpc) is 3.73. The van der Waals surface area contributed by atoms with Gasteiger partial charge in [-0.15, -0.1) is 13.2 Å². The van der Waals surface area contributed by atoms with Crippen LogP contribution in [0, 0.1) is 17.8 Å². The van der Waals surface area contributed by atoms with Gasteiger partial charge in [-0.3, -0.25) is 19.2 Å². The molecule has 12 heteroatoms. The molecular weight excluding hydrogens is 718 g/mol. The molecule has 3 aliphatic heterocycles. The Labute approximate surface area is 308 Å². The summed E-state index contributed by atoms with van der Waals surface area (Å²) >= 11 is 3.73. The Morgan fingerprint density at radius 1 is 1.14 bits per heavy atom. The van der Waals surface area contributed by atoms with Crippen LogP contribution in [0.2, 0.25) is 0 Å². The summed E-state index contributed by atoms with van der Waals surface area (Å²) in [4.78, 5) is 59.3. The molecular formula is C39H48BrN3O8. The van der Waals surface area contributed by atoms with Gasteiger partial charge >= 0.3 is 5.97 Å². The SMILES string of the molecule is C=CCCC(=O)NC[C@H](OC(=O)[C@@H]1[C@H]2O[C@@]3(CC2Br)[C@H](C(=O)N(CC=C)c2ccc(OC)cc2)N([C@@H](CO)CC(C)C)C(=O)[C@@H]13)c1ccccc1. The van der Waals surface area contributed by atoms with Gasteiger partial charge in [-0.1, -0.05) is 72.3 Å². The van der Waals surface area contributed by atoms with E-state index in [0.717, 1.165) is 0 Å². The van der Waals surface area contributed by atoms with Crippen LogP contribution in [0.15, 0.2) is 79.9 Å². The molecule has 3 fully saturated rings. The number of anilines is 1. The van der Waals surface area contributed by atoms with Crippen molar-refractivity contribution >= 4 is 45.3 Å². The highest BCUT2D eigenvalue weighted by Gasteiger charge is 2.77. The summed E-state index contributed by atoms with van der Waals surface area (Å²) in [6.07, 6.45) is 3.13. The van der Waals surface area contributed by atoms with Gasteiger partial charge in [-0.05, 0) is 55.0 Å². The Hall–Kier alpha value is -4.00. The van der Waals surface area contributed by atoms with Gasteiger partial charge in [0.1, 0.15) is 23.5 Å². The number of nitrogens with zero attached hydrogens (tertiary/aromatic N) is 2. The molecule has 11 nitrogen and oxygen atoms in total. The van der Waals surface area contributed by atoms with Crippen LogP contribution in [-0.2, 0) is 28.7 Å². The average molecular weight is 767 g/mol. The number of nitrogens with one attached hydrogen (secondary N) is 1. The van der Waals surface area contributed by atoms with E-state index < -0.39 is 59.5 Å². The van der Waals surface area contributed by atoms with Crippen molar-refractivity contribution in [3.63, 3.8) is 0 Å². The number of aliphatic hydroxyl groups excluding tert-OH is 1. The first-order valence-corrected chi connectivity index (χ1v) is 18.4. The Bertz CT molecular complexity index is 1590. The monoisotopic (exact) mass is 765 g/mol. The number of alkyl halides is 1. The lowest BCUT2D eigenvalue weighted by Gasteiger charge is -2.39. The first-order valence-electron chi connectivity index (χ1n) is 17.5. The zero-order chi connectivity index (χ0) is 36.9. The summed E-state index contributed by atoms with van der Waals surface area (Å²) in [5, 5.41) is 13.6. The molecule has 8 atom stereocenters. The largest absolute Gasteiger partial charge is 0.497 e. The highest BCUT2D eigenvalue weighted by molar-refractivity contribution is 9.09. The molecule has 51 heavy (non-hydrogen) atoms. The number of hydrogen-bond acceptors (Lipinski definition) is 8. The fourth-order valence-corrected chi connectivity index (χ4v) is 8.78. The highest BCUT2D eigenvalue weighted by atomic mass is 79.9. The maximum Gasteiger partial charge on any atom is 0.313 e. The molecule has 274 valence electrons. The molecule has 3 amide bonds. The number of fused-ring (bicyclic) bond motifs is 1. The van der Waals surface area contributed by atoms with Crippen LogP contribution in [0.5, 0.6) is 5.75 Å². The normalized spacial score (nSPS) is 26.0. The number of carbonyl (C=O) groups is 4. The first kappa shape index (κ1) is 38.2. The summed E-state index contributed by atoms with van der Waals surface area (Å²) in [7, 11) is 1.56. The number of amides is 3. The lowest BCUT2D eigenvalue weighted by molar-refractivity contribution is -0.161. The van der Waals surface area contributed by atoms with Crippen molar-refractivity contribution in [1.82, 2.24) is 10.2 Å². The Morgan fingerprint density at radius 3 is 2.45 bits per heavy atom. The van der Waals surface area contributed by atoms with Crippen molar-refractivity contribution < 1.29 is 38.5 Å². The summed E-state index contributed by atoms with van der Waals surface area (Å²) < 4.78 is 18.2. The number of likely N-dealkylation sites (tertiary alicyclic amines) is 1. The zero-order valence-corrected chi connectivity index (χ0v) is 31.0. The fraction of sp³-hybridized carbons (Fsp3) is 0.487. The van der Waals surface area contributed by atoms with E-state index >= 15 is 0 Å². The number of benzene rings is 2. The fourth-order valence-electron chi connectivity index (χ4n) is 7.83. The molecule has 5 rings (SSSR count). The molecule has 0 saturated carbocycles. The molecule has 2 bridgehead atoms. The van der Waals surface area contributed by atoms with Crippen LogP contribution in [0.3, 0.4) is 0 Å². The molecule has 3 heterocycles. The third kappa shape index (κ3) is 7.64. The van der Waals surface area contributed by atoms with Crippen molar-refractivity contribution in [2.24, 2.45) is 17.8 Å². The van der Waals surface area contributed by atoms with E-state index in [0.29, 0.717) is 29.8 Å². The molecule has 2 N–H and O–H groups in total. The van der Waals surface area contributed by atoms with Crippen LogP contribution < -0.4 is 15.0 Å². The molecule has 1 unspecified atom stereocenters. The zero-order valence-electron chi connectivity index (χ0n) is 29.4. The predicted molar refractivity (Wildman–Crippen MR) is 196 cm³/mol. The molecule has 3 saturated heterocycles. The first-order chi connectivity index (χ1) is 24.5.